The van der Waals surface area contributed by atoms with Crippen LogP contribution in [0.3, 0.4) is 0 Å². The van der Waals surface area contributed by atoms with Crippen LogP contribution in [-0.2, 0) is 16.2 Å². The Morgan fingerprint density at radius 3 is 2.97 bits per heavy atom. The molecule has 8 nitrogen and oxygen atoms in total. The molecule has 1 atom stereocenters. The number of benzene rings is 1. The molecule has 0 aromatic heterocycles. The van der Waals surface area contributed by atoms with E-state index in [1.165, 1.54) is 12.1 Å². The lowest BCUT2D eigenvalue weighted by molar-refractivity contribution is -0.114. The van der Waals surface area contributed by atoms with Gasteiger partial charge >= 0.3 is 6.03 Å². The van der Waals surface area contributed by atoms with Crippen molar-refractivity contribution in [1.82, 2.24) is 20.4 Å². The van der Waals surface area contributed by atoms with Crippen molar-refractivity contribution in [3.63, 3.8) is 0 Å². The van der Waals surface area contributed by atoms with Gasteiger partial charge in [0, 0.05) is 57.3 Å². The third-order valence-electron chi connectivity index (χ3n) is 5.74. The molecule has 30 heavy (non-hydrogen) atoms. The number of carbonyl (C=O) groups excluding carboxylic acids is 2. The van der Waals surface area contributed by atoms with Crippen molar-refractivity contribution in [1.29, 1.82) is 0 Å². The Morgan fingerprint density at radius 1 is 1.33 bits per heavy atom. The average Bonchev–Trinajstić information content (AvgIpc) is 3.31. The van der Waals surface area contributed by atoms with E-state index in [2.05, 4.69) is 15.8 Å². The molecule has 0 saturated carbocycles. The lowest BCUT2D eigenvalue weighted by Gasteiger charge is -2.38. The summed E-state index contributed by atoms with van der Waals surface area (Å²) in [6, 6.07) is 3.47. The Kier molecular flexibility index (Phi) is 5.85. The van der Waals surface area contributed by atoms with Crippen molar-refractivity contribution in [2.75, 3.05) is 39.3 Å². The average molecular weight is 421 g/mol. The van der Waals surface area contributed by atoms with Gasteiger partial charge in [-0.05, 0) is 25.5 Å². The Bertz CT molecular complexity index is 865. The third kappa shape index (κ3) is 4.53. The summed E-state index contributed by atoms with van der Waals surface area (Å²) in [4.78, 5) is 33.3. The van der Waals surface area contributed by atoms with Gasteiger partial charge in [-0.1, -0.05) is 11.2 Å². The minimum absolute atomic E-state index is 0.121. The number of hydrogen-bond donors (Lipinski definition) is 2. The number of hydrogen-bond acceptors (Lipinski definition) is 5. The minimum Gasteiger partial charge on any atom is -0.387 e. The molecule has 0 aliphatic carbocycles. The zero-order valence-electron chi connectivity index (χ0n) is 16.6. The monoisotopic (exact) mass is 421 g/mol. The molecule has 1 spiro atoms. The van der Waals surface area contributed by atoms with Crippen molar-refractivity contribution in [2.24, 2.45) is 5.16 Å². The molecule has 1 unspecified atom stereocenters. The number of piperidine rings is 1. The second kappa shape index (κ2) is 8.55. The van der Waals surface area contributed by atoms with E-state index in [1.807, 2.05) is 4.90 Å². The Balaban J connectivity index is 1.28. The van der Waals surface area contributed by atoms with Gasteiger partial charge in [-0.25, -0.2) is 13.6 Å². The van der Waals surface area contributed by atoms with Crippen LogP contribution in [0.5, 0.6) is 0 Å². The number of nitrogens with one attached hydrogen (secondary N) is 2. The molecule has 2 saturated heterocycles. The normalized spacial score (nSPS) is 24.0. The molecular weight excluding hydrogens is 396 g/mol. The Morgan fingerprint density at radius 2 is 2.20 bits per heavy atom. The number of rotatable bonds is 6. The van der Waals surface area contributed by atoms with E-state index in [9.17, 15) is 18.4 Å². The van der Waals surface area contributed by atoms with E-state index < -0.39 is 17.2 Å². The molecule has 3 heterocycles. The first-order valence-electron chi connectivity index (χ1n) is 10.2. The summed E-state index contributed by atoms with van der Waals surface area (Å²) in [5, 5.41) is 9.51. The van der Waals surface area contributed by atoms with Crippen molar-refractivity contribution in [3.05, 3.63) is 35.4 Å². The number of nitrogens with zero attached hydrogens (tertiary/aromatic N) is 3. The van der Waals surface area contributed by atoms with Gasteiger partial charge in [0.1, 0.15) is 17.3 Å². The molecule has 4 rings (SSSR count). The first-order valence-corrected chi connectivity index (χ1v) is 10.2. The molecular formula is C20H25F2N5O3. The highest BCUT2D eigenvalue weighted by molar-refractivity contribution is 6.39. The zero-order chi connectivity index (χ0) is 21.1. The first-order chi connectivity index (χ1) is 14.4. The van der Waals surface area contributed by atoms with Crippen LogP contribution in [0.2, 0.25) is 0 Å². The highest BCUT2D eigenvalue weighted by atomic mass is 19.1. The van der Waals surface area contributed by atoms with E-state index in [1.54, 1.807) is 4.90 Å². The van der Waals surface area contributed by atoms with Crippen molar-refractivity contribution in [3.8, 4) is 0 Å². The predicted octanol–water partition coefficient (Wildman–Crippen LogP) is 1.22. The number of likely N-dealkylation sites (tertiary alicyclic amines) is 1. The number of carbonyl (C=O) groups is 2. The quantitative estimate of drug-likeness (QED) is 0.723. The number of urea groups is 1. The largest absolute Gasteiger partial charge is 0.387 e. The summed E-state index contributed by atoms with van der Waals surface area (Å²) in [6.45, 7) is 3.65. The molecule has 3 aliphatic rings. The molecule has 1 aromatic carbocycles. The maximum atomic E-state index is 14.0. The fourth-order valence-corrected chi connectivity index (χ4v) is 4.21. The van der Waals surface area contributed by atoms with E-state index in [4.69, 9.17) is 4.84 Å². The predicted molar refractivity (Wildman–Crippen MR) is 105 cm³/mol. The Labute approximate surface area is 173 Å². The molecule has 162 valence electrons. The van der Waals surface area contributed by atoms with Gasteiger partial charge in [0.15, 0.2) is 5.60 Å². The molecule has 3 aliphatic heterocycles. The van der Waals surface area contributed by atoms with E-state index in [-0.39, 0.29) is 11.9 Å². The van der Waals surface area contributed by atoms with Crippen LogP contribution in [0, 0.1) is 11.6 Å². The van der Waals surface area contributed by atoms with Crippen LogP contribution in [-0.4, -0.2) is 72.3 Å². The van der Waals surface area contributed by atoms with Gasteiger partial charge in [0.05, 0.1) is 0 Å². The SMILES string of the molecule is O=C(NCCN1CCNC1=O)C1=NOC2(CCCN(Cc3ccc(F)cc3F)C2)C1. The first kappa shape index (κ1) is 20.5. The molecule has 2 fully saturated rings. The van der Waals surface area contributed by atoms with Crippen LogP contribution >= 0.6 is 0 Å². The van der Waals surface area contributed by atoms with Gasteiger partial charge in [0.25, 0.3) is 5.91 Å². The highest BCUT2D eigenvalue weighted by Crippen LogP contribution is 2.34. The molecule has 0 bridgehead atoms. The van der Waals surface area contributed by atoms with E-state index in [0.717, 1.165) is 25.5 Å². The van der Waals surface area contributed by atoms with Gasteiger partial charge in [0.2, 0.25) is 0 Å². The van der Waals surface area contributed by atoms with Crippen molar-refractivity contribution >= 4 is 17.6 Å². The lowest BCUT2D eigenvalue weighted by atomic mass is 9.88. The van der Waals surface area contributed by atoms with Gasteiger partial charge < -0.3 is 20.4 Å². The summed E-state index contributed by atoms with van der Waals surface area (Å²) in [5.41, 5.74) is 0.156. The maximum absolute atomic E-state index is 14.0. The highest BCUT2D eigenvalue weighted by Gasteiger charge is 2.44. The molecule has 0 radical (unpaired) electrons. The second-order valence-corrected chi connectivity index (χ2v) is 8.01. The van der Waals surface area contributed by atoms with Crippen molar-refractivity contribution in [2.45, 2.75) is 31.4 Å². The van der Waals surface area contributed by atoms with Crippen LogP contribution in [0.4, 0.5) is 13.6 Å². The lowest BCUT2D eigenvalue weighted by Crippen LogP contribution is -2.48. The summed E-state index contributed by atoms with van der Waals surface area (Å²) >= 11 is 0. The van der Waals surface area contributed by atoms with Crippen LogP contribution < -0.4 is 10.6 Å². The fourth-order valence-electron chi connectivity index (χ4n) is 4.21. The Hall–Kier alpha value is -2.75. The summed E-state index contributed by atoms with van der Waals surface area (Å²) in [7, 11) is 0. The van der Waals surface area contributed by atoms with Gasteiger partial charge in [-0.15, -0.1) is 0 Å². The molecule has 2 N–H and O–H groups in total. The molecule has 1 aromatic rings. The minimum atomic E-state index is -0.601. The van der Waals surface area contributed by atoms with Gasteiger partial charge in [-0.2, -0.15) is 0 Å². The summed E-state index contributed by atoms with van der Waals surface area (Å²) < 4.78 is 27.1. The molecule has 10 heteroatoms. The number of halogens is 2. The smallest absolute Gasteiger partial charge is 0.317 e. The summed E-state index contributed by atoms with van der Waals surface area (Å²) in [5.74, 6) is -1.46. The van der Waals surface area contributed by atoms with Crippen LogP contribution in [0.25, 0.3) is 0 Å². The van der Waals surface area contributed by atoms with Gasteiger partial charge in [-0.3, -0.25) is 9.69 Å². The van der Waals surface area contributed by atoms with Crippen LogP contribution in [0.15, 0.2) is 23.4 Å². The van der Waals surface area contributed by atoms with Crippen molar-refractivity contribution < 1.29 is 23.2 Å². The maximum Gasteiger partial charge on any atom is 0.317 e. The second-order valence-electron chi connectivity index (χ2n) is 8.01. The standard InChI is InChI=1S/C20H25F2N5O3/c21-15-3-2-14(16(22)10-15)12-26-7-1-4-20(13-26)11-17(25-30-20)18(28)23-5-8-27-9-6-24-19(27)29/h2-3,10H,1,4-9,11-13H2,(H,23,28)(H,24,29). The summed E-state index contributed by atoms with van der Waals surface area (Å²) in [6.07, 6.45) is 1.96. The molecule has 3 amide bonds. The van der Waals surface area contributed by atoms with E-state index >= 15 is 0 Å². The number of oxime groups is 1. The van der Waals surface area contributed by atoms with Crippen LogP contribution in [0.1, 0.15) is 24.8 Å². The zero-order valence-corrected chi connectivity index (χ0v) is 16.6. The number of amides is 3. The van der Waals surface area contributed by atoms with E-state index in [0.29, 0.717) is 57.0 Å². The third-order valence-corrected chi connectivity index (χ3v) is 5.74. The topological polar surface area (TPSA) is 86.3 Å². The fraction of sp³-hybridized carbons (Fsp3) is 0.550.